The fraction of sp³-hybridized carbons (Fsp3) is 0.500. The van der Waals surface area contributed by atoms with Gasteiger partial charge >= 0.3 is 0 Å². The molecule has 2 heterocycles. The molecule has 0 unspecified atom stereocenters. The maximum absolute atomic E-state index is 6.51. The van der Waals surface area contributed by atoms with Crippen molar-refractivity contribution in [3.63, 3.8) is 0 Å². The van der Waals surface area contributed by atoms with Gasteiger partial charge in [-0.05, 0) is 37.8 Å². The van der Waals surface area contributed by atoms with Crippen molar-refractivity contribution in [2.24, 2.45) is 5.92 Å². The van der Waals surface area contributed by atoms with Crippen LogP contribution >= 0.6 is 11.6 Å². The van der Waals surface area contributed by atoms with E-state index < -0.39 is 0 Å². The van der Waals surface area contributed by atoms with Crippen molar-refractivity contribution >= 4 is 11.6 Å². The molecule has 1 aromatic carbocycles. The summed E-state index contributed by atoms with van der Waals surface area (Å²) in [6.07, 6.45) is 7.39. The molecule has 0 radical (unpaired) electrons. The zero-order valence-corrected chi connectivity index (χ0v) is 15.4. The largest absolute Gasteiger partial charge is 0.493 e. The maximum atomic E-state index is 6.51. The van der Waals surface area contributed by atoms with Crippen LogP contribution in [0.25, 0.3) is 0 Å². The number of rotatable bonds is 5. The second kappa shape index (κ2) is 7.20. The van der Waals surface area contributed by atoms with Crippen molar-refractivity contribution in [2.75, 3.05) is 19.9 Å². The molecule has 4 rings (SSSR count). The Morgan fingerprint density at radius 3 is 3.00 bits per heavy atom. The van der Waals surface area contributed by atoms with Crippen molar-refractivity contribution in [1.29, 1.82) is 0 Å². The number of nitrogens with one attached hydrogen (secondary N) is 1. The van der Waals surface area contributed by atoms with E-state index in [4.69, 9.17) is 21.1 Å². The lowest BCUT2D eigenvalue weighted by Gasteiger charge is -2.27. The van der Waals surface area contributed by atoms with Crippen LogP contribution < -0.4 is 10.1 Å². The molecule has 0 aromatic heterocycles. The van der Waals surface area contributed by atoms with Crippen molar-refractivity contribution < 1.29 is 9.47 Å². The predicted molar refractivity (Wildman–Crippen MR) is 99.2 cm³/mol. The molecule has 0 atom stereocenters. The van der Waals surface area contributed by atoms with Gasteiger partial charge in [0, 0.05) is 28.9 Å². The van der Waals surface area contributed by atoms with Crippen LogP contribution in [-0.4, -0.2) is 24.8 Å². The summed E-state index contributed by atoms with van der Waals surface area (Å²) in [5.41, 5.74) is 3.36. The molecule has 0 spiro atoms. The molecule has 4 nitrogen and oxygen atoms in total. The second-order valence-electron chi connectivity index (χ2n) is 7.17. The normalized spacial score (nSPS) is 20.2. The Morgan fingerprint density at radius 2 is 2.16 bits per heavy atom. The van der Waals surface area contributed by atoms with E-state index in [-0.39, 0.29) is 0 Å². The molecule has 1 saturated carbocycles. The monoisotopic (exact) mass is 360 g/mol. The highest BCUT2D eigenvalue weighted by atomic mass is 35.5. The molecular formula is C20H25ClN2O2. The van der Waals surface area contributed by atoms with Crippen molar-refractivity contribution in [3.8, 4) is 5.75 Å². The SMILES string of the molecule is CC1=CN(Cc2c(Cl)cccc2OCC2CCCC2)CC2=C1OCN2. The number of benzene rings is 1. The van der Waals surface area contributed by atoms with Crippen LogP contribution in [0.3, 0.4) is 0 Å². The van der Waals surface area contributed by atoms with Gasteiger partial charge in [-0.25, -0.2) is 0 Å². The highest BCUT2D eigenvalue weighted by molar-refractivity contribution is 6.31. The number of ether oxygens (including phenoxy) is 2. The topological polar surface area (TPSA) is 33.7 Å². The van der Waals surface area contributed by atoms with Crippen LogP contribution in [0.5, 0.6) is 5.75 Å². The molecule has 1 N–H and O–H groups in total. The number of hydrogen-bond acceptors (Lipinski definition) is 4. The zero-order chi connectivity index (χ0) is 17.2. The molecule has 1 aromatic rings. The first-order chi connectivity index (χ1) is 12.2. The van der Waals surface area contributed by atoms with E-state index in [0.29, 0.717) is 12.6 Å². The minimum atomic E-state index is 0.561. The number of nitrogens with zero attached hydrogens (tertiary/aromatic N) is 1. The number of allylic oxidation sites excluding steroid dienone is 1. The van der Waals surface area contributed by atoms with Crippen LogP contribution in [0.2, 0.25) is 5.02 Å². The first-order valence-electron chi connectivity index (χ1n) is 9.13. The number of halogens is 1. The van der Waals surface area contributed by atoms with E-state index in [1.807, 2.05) is 18.2 Å². The predicted octanol–water partition coefficient (Wildman–Crippen LogP) is 4.42. The third-order valence-electron chi connectivity index (χ3n) is 5.26. The van der Waals surface area contributed by atoms with Crippen molar-refractivity contribution in [2.45, 2.75) is 39.2 Å². The fourth-order valence-electron chi connectivity index (χ4n) is 3.94. The van der Waals surface area contributed by atoms with E-state index in [1.54, 1.807) is 0 Å². The van der Waals surface area contributed by atoms with E-state index >= 15 is 0 Å². The molecule has 5 heteroatoms. The first-order valence-corrected chi connectivity index (χ1v) is 9.51. The lowest BCUT2D eigenvalue weighted by atomic mass is 10.1. The third-order valence-corrected chi connectivity index (χ3v) is 5.61. The van der Waals surface area contributed by atoms with Crippen LogP contribution in [0.4, 0.5) is 0 Å². The van der Waals surface area contributed by atoms with Gasteiger partial charge in [-0.15, -0.1) is 0 Å². The lowest BCUT2D eigenvalue weighted by Crippen LogP contribution is -2.28. The second-order valence-corrected chi connectivity index (χ2v) is 7.58. The summed E-state index contributed by atoms with van der Waals surface area (Å²) in [6, 6.07) is 5.96. The molecule has 2 aliphatic heterocycles. The zero-order valence-electron chi connectivity index (χ0n) is 14.7. The molecule has 0 amide bonds. The molecule has 1 fully saturated rings. The molecule has 0 bridgehead atoms. The highest BCUT2D eigenvalue weighted by Gasteiger charge is 2.25. The van der Waals surface area contributed by atoms with Gasteiger partial charge in [0.25, 0.3) is 0 Å². The Kier molecular flexibility index (Phi) is 4.80. The van der Waals surface area contributed by atoms with Gasteiger partial charge < -0.3 is 19.7 Å². The average Bonchev–Trinajstić information content (AvgIpc) is 3.27. The Balaban J connectivity index is 1.48. The highest BCUT2D eigenvalue weighted by Crippen LogP contribution is 2.32. The van der Waals surface area contributed by atoms with Gasteiger partial charge in [-0.1, -0.05) is 30.5 Å². The summed E-state index contributed by atoms with van der Waals surface area (Å²) in [5.74, 6) is 2.60. The summed E-state index contributed by atoms with van der Waals surface area (Å²) in [5, 5.41) is 4.08. The Bertz CT molecular complexity index is 708. The molecule has 25 heavy (non-hydrogen) atoms. The summed E-state index contributed by atoms with van der Waals surface area (Å²) >= 11 is 6.51. The van der Waals surface area contributed by atoms with Crippen LogP contribution in [-0.2, 0) is 11.3 Å². The van der Waals surface area contributed by atoms with E-state index in [1.165, 1.54) is 25.7 Å². The van der Waals surface area contributed by atoms with Crippen molar-refractivity contribution in [1.82, 2.24) is 10.2 Å². The standard InChI is InChI=1S/C20H25ClN2O2/c1-14-9-23(11-18-20(14)25-13-22-18)10-16-17(21)7-4-8-19(16)24-12-15-5-2-3-6-15/h4,7-9,15,22H,2-3,5-6,10-13H2,1H3. The van der Waals surface area contributed by atoms with Gasteiger partial charge in [0.05, 0.1) is 18.8 Å². The van der Waals surface area contributed by atoms with E-state index in [9.17, 15) is 0 Å². The summed E-state index contributed by atoms with van der Waals surface area (Å²) < 4.78 is 11.8. The smallest absolute Gasteiger partial charge is 0.159 e. The Morgan fingerprint density at radius 1 is 1.32 bits per heavy atom. The van der Waals surface area contributed by atoms with E-state index in [0.717, 1.165) is 53.1 Å². The molecule has 134 valence electrons. The van der Waals surface area contributed by atoms with Gasteiger partial charge in [-0.2, -0.15) is 0 Å². The Hall–Kier alpha value is -1.81. The summed E-state index contributed by atoms with van der Waals surface area (Å²) in [4.78, 5) is 2.26. The van der Waals surface area contributed by atoms with Crippen molar-refractivity contribution in [3.05, 3.63) is 52.0 Å². The number of hydrogen-bond donors (Lipinski definition) is 1. The lowest BCUT2D eigenvalue weighted by molar-refractivity contribution is 0.238. The summed E-state index contributed by atoms with van der Waals surface area (Å²) in [7, 11) is 0. The fourth-order valence-corrected chi connectivity index (χ4v) is 4.17. The quantitative estimate of drug-likeness (QED) is 0.842. The maximum Gasteiger partial charge on any atom is 0.159 e. The molecule has 0 saturated heterocycles. The summed E-state index contributed by atoms with van der Waals surface area (Å²) in [6.45, 7) is 4.98. The van der Waals surface area contributed by atoms with Crippen LogP contribution in [0.15, 0.2) is 41.4 Å². The van der Waals surface area contributed by atoms with Gasteiger partial charge in [0.2, 0.25) is 0 Å². The van der Waals surface area contributed by atoms with Gasteiger partial charge in [0.1, 0.15) is 11.5 Å². The van der Waals surface area contributed by atoms with Crippen LogP contribution in [0, 0.1) is 5.92 Å². The first kappa shape index (κ1) is 16.6. The van der Waals surface area contributed by atoms with Gasteiger partial charge in [0.15, 0.2) is 6.73 Å². The van der Waals surface area contributed by atoms with Crippen LogP contribution in [0.1, 0.15) is 38.2 Å². The minimum absolute atomic E-state index is 0.561. The third kappa shape index (κ3) is 3.59. The molecule has 1 aliphatic carbocycles. The molecule has 3 aliphatic rings. The minimum Gasteiger partial charge on any atom is -0.493 e. The van der Waals surface area contributed by atoms with E-state index in [2.05, 4.69) is 23.3 Å². The Labute approximate surface area is 154 Å². The van der Waals surface area contributed by atoms with Gasteiger partial charge in [-0.3, -0.25) is 0 Å². The average molecular weight is 361 g/mol. The molecular weight excluding hydrogens is 336 g/mol.